The summed E-state index contributed by atoms with van der Waals surface area (Å²) in [5.41, 5.74) is 7.56. The van der Waals surface area contributed by atoms with Crippen LogP contribution in [0.15, 0.2) is 67.1 Å². The van der Waals surface area contributed by atoms with Gasteiger partial charge < -0.3 is 16.4 Å². The Kier molecular flexibility index (Phi) is 5.43. The summed E-state index contributed by atoms with van der Waals surface area (Å²) < 4.78 is 54.8. The van der Waals surface area contributed by atoms with Crippen LogP contribution in [0.1, 0.15) is 5.56 Å². The quantitative estimate of drug-likeness (QED) is 0.273. The molecule has 32 heavy (non-hydrogen) atoms. The summed E-state index contributed by atoms with van der Waals surface area (Å²) >= 11 is 0. The average molecular weight is 442 g/mol. The van der Waals surface area contributed by atoms with Crippen LogP contribution >= 0.6 is 0 Å². The van der Waals surface area contributed by atoms with E-state index >= 15 is 0 Å². The molecule has 2 aromatic carbocycles. The standard InChI is InChI=1S/C22H18F4N6/c1-32-12-16(10-29-32)30-21-9-19(31-20-8-15(27)6-7-18(20)23)17(11-28-21)13-2-4-14(5-3-13)22(24,25)26/h2-12H,27H2,1H3,(H2,28,30,31). The van der Waals surface area contributed by atoms with E-state index < -0.39 is 17.6 Å². The highest BCUT2D eigenvalue weighted by Gasteiger charge is 2.30. The Morgan fingerprint density at radius 2 is 1.69 bits per heavy atom. The van der Waals surface area contributed by atoms with Crippen LogP contribution in [0.4, 0.5) is 46.1 Å². The van der Waals surface area contributed by atoms with Crippen molar-refractivity contribution in [3.8, 4) is 11.1 Å². The number of nitrogens with one attached hydrogen (secondary N) is 2. The second-order valence-corrected chi connectivity index (χ2v) is 7.08. The molecule has 0 fully saturated rings. The zero-order valence-corrected chi connectivity index (χ0v) is 16.8. The number of alkyl halides is 3. The molecule has 0 bridgehead atoms. The molecule has 6 nitrogen and oxygen atoms in total. The van der Waals surface area contributed by atoms with Gasteiger partial charge in [0.1, 0.15) is 11.6 Å². The number of rotatable bonds is 5. The molecule has 4 aromatic rings. The summed E-state index contributed by atoms with van der Waals surface area (Å²) in [5.74, 6) is -0.100. The molecule has 0 aliphatic heterocycles. The molecule has 164 valence electrons. The van der Waals surface area contributed by atoms with Gasteiger partial charge in [0.15, 0.2) is 0 Å². The number of aryl methyl sites for hydroxylation is 1. The second-order valence-electron chi connectivity index (χ2n) is 7.08. The van der Waals surface area contributed by atoms with E-state index in [4.69, 9.17) is 5.73 Å². The number of hydrogen-bond donors (Lipinski definition) is 3. The smallest absolute Gasteiger partial charge is 0.399 e. The van der Waals surface area contributed by atoms with Crippen molar-refractivity contribution in [2.45, 2.75) is 6.18 Å². The summed E-state index contributed by atoms with van der Waals surface area (Å²) in [5, 5.41) is 10.1. The molecule has 4 rings (SSSR count). The van der Waals surface area contributed by atoms with Crippen molar-refractivity contribution in [3.63, 3.8) is 0 Å². The fourth-order valence-electron chi connectivity index (χ4n) is 3.11. The van der Waals surface area contributed by atoms with E-state index in [1.807, 2.05) is 0 Å². The van der Waals surface area contributed by atoms with E-state index in [0.29, 0.717) is 34.0 Å². The summed E-state index contributed by atoms with van der Waals surface area (Å²) in [6.07, 6.45) is 0.403. The van der Waals surface area contributed by atoms with Crippen molar-refractivity contribution < 1.29 is 17.6 Å². The molecular weight excluding hydrogens is 424 g/mol. The maximum absolute atomic E-state index is 14.3. The first-order valence-corrected chi connectivity index (χ1v) is 9.44. The van der Waals surface area contributed by atoms with Crippen LogP contribution in [0.25, 0.3) is 11.1 Å². The number of nitrogens with zero attached hydrogens (tertiary/aromatic N) is 3. The predicted octanol–water partition coefficient (Wildman–Crippen LogP) is 5.71. The van der Waals surface area contributed by atoms with Gasteiger partial charge in [0, 0.05) is 36.8 Å². The molecule has 0 aliphatic rings. The predicted molar refractivity (Wildman–Crippen MR) is 115 cm³/mol. The summed E-state index contributed by atoms with van der Waals surface area (Å²) in [7, 11) is 1.77. The van der Waals surface area contributed by atoms with Crippen LogP contribution in [-0.2, 0) is 13.2 Å². The lowest BCUT2D eigenvalue weighted by Gasteiger charge is -2.16. The fourth-order valence-corrected chi connectivity index (χ4v) is 3.11. The number of benzene rings is 2. The van der Waals surface area contributed by atoms with Crippen LogP contribution in [0, 0.1) is 5.82 Å². The molecule has 0 spiro atoms. The Hall–Kier alpha value is -4.08. The van der Waals surface area contributed by atoms with Crippen molar-refractivity contribution in [2.75, 3.05) is 16.4 Å². The molecule has 10 heteroatoms. The van der Waals surface area contributed by atoms with Gasteiger partial charge in [-0.2, -0.15) is 18.3 Å². The lowest BCUT2D eigenvalue weighted by Crippen LogP contribution is -2.04. The highest BCUT2D eigenvalue weighted by atomic mass is 19.4. The molecule has 0 saturated carbocycles. The van der Waals surface area contributed by atoms with Gasteiger partial charge in [-0.15, -0.1) is 0 Å². The third-order valence-electron chi connectivity index (χ3n) is 4.66. The molecule has 4 N–H and O–H groups in total. The Labute approximate surface area is 180 Å². The van der Waals surface area contributed by atoms with E-state index in [1.165, 1.54) is 36.5 Å². The monoisotopic (exact) mass is 442 g/mol. The zero-order chi connectivity index (χ0) is 22.9. The maximum Gasteiger partial charge on any atom is 0.416 e. The summed E-state index contributed by atoms with van der Waals surface area (Å²) in [6, 6.07) is 10.4. The average Bonchev–Trinajstić information content (AvgIpc) is 3.15. The van der Waals surface area contributed by atoms with Gasteiger partial charge in [-0.25, -0.2) is 9.37 Å². The van der Waals surface area contributed by atoms with Gasteiger partial charge in [-0.3, -0.25) is 4.68 Å². The third-order valence-corrected chi connectivity index (χ3v) is 4.66. The Balaban J connectivity index is 1.75. The molecule has 2 aromatic heterocycles. The highest BCUT2D eigenvalue weighted by molar-refractivity contribution is 5.83. The second kappa shape index (κ2) is 8.22. The third kappa shape index (κ3) is 4.64. The Morgan fingerprint density at radius 3 is 2.34 bits per heavy atom. The van der Waals surface area contributed by atoms with Crippen molar-refractivity contribution in [1.29, 1.82) is 0 Å². The van der Waals surface area contributed by atoms with Crippen LogP contribution in [0.3, 0.4) is 0 Å². The topological polar surface area (TPSA) is 80.8 Å². The minimum atomic E-state index is -4.44. The first kappa shape index (κ1) is 21.2. The molecule has 0 amide bonds. The summed E-state index contributed by atoms with van der Waals surface area (Å²) in [6.45, 7) is 0. The van der Waals surface area contributed by atoms with Crippen molar-refractivity contribution in [2.24, 2.45) is 7.05 Å². The minimum absolute atomic E-state index is 0.122. The van der Waals surface area contributed by atoms with Crippen LogP contribution in [0.2, 0.25) is 0 Å². The number of halogens is 4. The number of nitrogen functional groups attached to an aromatic ring is 1. The first-order valence-electron chi connectivity index (χ1n) is 9.44. The molecule has 0 saturated heterocycles. The minimum Gasteiger partial charge on any atom is -0.399 e. The Bertz CT molecular complexity index is 1250. The lowest BCUT2D eigenvalue weighted by molar-refractivity contribution is -0.137. The SMILES string of the molecule is Cn1cc(Nc2cc(Nc3cc(N)ccc3F)c(-c3ccc(C(F)(F)F)cc3)cn2)cn1. The maximum atomic E-state index is 14.3. The van der Waals surface area contributed by atoms with Gasteiger partial charge >= 0.3 is 6.18 Å². The van der Waals surface area contributed by atoms with Crippen molar-refractivity contribution in [1.82, 2.24) is 14.8 Å². The highest BCUT2D eigenvalue weighted by Crippen LogP contribution is 2.36. The fraction of sp³-hybridized carbons (Fsp3) is 0.0909. The molecule has 0 radical (unpaired) electrons. The number of hydrogen-bond acceptors (Lipinski definition) is 5. The van der Waals surface area contributed by atoms with E-state index in [9.17, 15) is 17.6 Å². The Morgan fingerprint density at radius 1 is 0.938 bits per heavy atom. The number of nitrogens with two attached hydrogens (primary N) is 1. The molecule has 2 heterocycles. The normalized spacial score (nSPS) is 11.4. The van der Waals surface area contributed by atoms with E-state index in [-0.39, 0.29) is 5.69 Å². The van der Waals surface area contributed by atoms with E-state index in [1.54, 1.807) is 30.2 Å². The number of anilines is 5. The first-order chi connectivity index (χ1) is 15.2. The largest absolute Gasteiger partial charge is 0.416 e. The van der Waals surface area contributed by atoms with Crippen molar-refractivity contribution in [3.05, 3.63) is 78.5 Å². The van der Waals surface area contributed by atoms with Gasteiger partial charge in [0.25, 0.3) is 0 Å². The van der Waals surface area contributed by atoms with Crippen LogP contribution in [-0.4, -0.2) is 14.8 Å². The van der Waals surface area contributed by atoms with Crippen LogP contribution in [0.5, 0.6) is 0 Å². The molecule has 0 unspecified atom stereocenters. The van der Waals surface area contributed by atoms with Gasteiger partial charge in [0.05, 0.1) is 28.8 Å². The van der Waals surface area contributed by atoms with Gasteiger partial charge in [-0.05, 0) is 35.9 Å². The number of pyridine rings is 1. The molecular formula is C22H18F4N6. The summed E-state index contributed by atoms with van der Waals surface area (Å²) in [4.78, 5) is 4.34. The molecule has 0 aliphatic carbocycles. The van der Waals surface area contributed by atoms with Gasteiger partial charge in [0.2, 0.25) is 0 Å². The molecule has 0 atom stereocenters. The van der Waals surface area contributed by atoms with E-state index in [2.05, 4.69) is 20.7 Å². The lowest BCUT2D eigenvalue weighted by atomic mass is 10.0. The number of aromatic nitrogens is 3. The van der Waals surface area contributed by atoms with Crippen LogP contribution < -0.4 is 16.4 Å². The van der Waals surface area contributed by atoms with Gasteiger partial charge in [-0.1, -0.05) is 12.1 Å². The zero-order valence-electron chi connectivity index (χ0n) is 16.8. The van der Waals surface area contributed by atoms with E-state index in [0.717, 1.165) is 12.1 Å². The van der Waals surface area contributed by atoms with Crippen molar-refractivity contribution >= 4 is 28.6 Å².